The normalized spacial score (nSPS) is 12.8. The molecule has 0 radical (unpaired) electrons. The lowest BCUT2D eigenvalue weighted by Gasteiger charge is -2.00. The summed E-state index contributed by atoms with van der Waals surface area (Å²) in [4.78, 5) is 4.35. The topological polar surface area (TPSA) is 85.4 Å². The van der Waals surface area contributed by atoms with Gasteiger partial charge in [-0.25, -0.2) is 0 Å². The fourth-order valence-electron chi connectivity index (χ4n) is 1.71. The van der Waals surface area contributed by atoms with Gasteiger partial charge >= 0.3 is 0 Å². The molecule has 1 N–H and O–H groups in total. The van der Waals surface area contributed by atoms with Gasteiger partial charge in [0.2, 0.25) is 11.7 Å². The van der Waals surface area contributed by atoms with E-state index in [1.807, 2.05) is 20.2 Å². The average molecular weight is 244 g/mol. The van der Waals surface area contributed by atoms with E-state index < -0.39 is 0 Å². The van der Waals surface area contributed by atoms with Crippen molar-refractivity contribution in [3.8, 4) is 11.5 Å². The maximum absolute atomic E-state index is 5.27. The molecule has 3 aromatic rings. The summed E-state index contributed by atoms with van der Waals surface area (Å²) >= 11 is 0. The van der Waals surface area contributed by atoms with Gasteiger partial charge in [0.25, 0.3) is 0 Å². The summed E-state index contributed by atoms with van der Waals surface area (Å²) in [5.41, 5.74) is 1.78. The minimum absolute atomic E-state index is 0.0165. The van der Waals surface area contributed by atoms with Crippen molar-refractivity contribution in [1.82, 2.24) is 30.1 Å². The lowest BCUT2D eigenvalue weighted by Crippen LogP contribution is -1.95. The molecule has 7 heteroatoms. The molecule has 18 heavy (non-hydrogen) atoms. The third-order valence-corrected chi connectivity index (χ3v) is 2.78. The summed E-state index contributed by atoms with van der Waals surface area (Å²) in [5, 5.41) is 14.7. The number of H-pyrrole nitrogens is 1. The van der Waals surface area contributed by atoms with Crippen LogP contribution in [0.15, 0.2) is 29.2 Å². The maximum atomic E-state index is 5.27. The molecule has 0 saturated carbocycles. The zero-order chi connectivity index (χ0) is 12.5. The number of nitrogens with zero attached hydrogens (tertiary/aromatic N) is 5. The summed E-state index contributed by atoms with van der Waals surface area (Å²) in [5.74, 6) is 1.09. The summed E-state index contributed by atoms with van der Waals surface area (Å²) in [7, 11) is 1.88. The Labute approximate surface area is 103 Å². The van der Waals surface area contributed by atoms with Crippen LogP contribution in [0.25, 0.3) is 11.5 Å². The molecular weight excluding hydrogens is 232 g/mol. The minimum atomic E-state index is 0.0165. The Kier molecular flexibility index (Phi) is 2.44. The van der Waals surface area contributed by atoms with Crippen molar-refractivity contribution in [1.29, 1.82) is 0 Å². The van der Waals surface area contributed by atoms with Crippen LogP contribution in [0.3, 0.4) is 0 Å². The Hall–Kier alpha value is -2.44. The zero-order valence-corrected chi connectivity index (χ0v) is 10.0. The fourth-order valence-corrected chi connectivity index (χ4v) is 1.71. The molecule has 1 unspecified atom stereocenters. The Bertz CT molecular complexity index is 638. The van der Waals surface area contributed by atoms with Crippen LogP contribution >= 0.6 is 0 Å². The van der Waals surface area contributed by atoms with Gasteiger partial charge in [-0.3, -0.25) is 9.78 Å². The Morgan fingerprint density at radius 1 is 1.44 bits per heavy atom. The second-order valence-electron chi connectivity index (χ2n) is 4.10. The Balaban J connectivity index is 1.89. The molecule has 3 heterocycles. The second-order valence-corrected chi connectivity index (χ2v) is 4.10. The van der Waals surface area contributed by atoms with E-state index in [9.17, 15) is 0 Å². The molecule has 1 atom stereocenters. The van der Waals surface area contributed by atoms with E-state index in [0.29, 0.717) is 11.7 Å². The number of rotatable bonds is 3. The van der Waals surface area contributed by atoms with Crippen molar-refractivity contribution < 1.29 is 4.52 Å². The number of nitrogens with one attached hydrogen (secondary N) is 1. The van der Waals surface area contributed by atoms with Crippen LogP contribution in [0, 0.1) is 0 Å². The van der Waals surface area contributed by atoms with Crippen LogP contribution < -0.4 is 0 Å². The molecule has 0 spiro atoms. The molecule has 3 aromatic heterocycles. The highest BCUT2D eigenvalue weighted by Crippen LogP contribution is 2.23. The molecule has 0 aliphatic carbocycles. The minimum Gasteiger partial charge on any atom is -0.338 e. The summed E-state index contributed by atoms with van der Waals surface area (Å²) < 4.78 is 7.02. The van der Waals surface area contributed by atoms with Crippen molar-refractivity contribution >= 4 is 0 Å². The highest BCUT2D eigenvalue weighted by Gasteiger charge is 2.18. The smallest absolute Gasteiger partial charge is 0.234 e. The molecule has 0 aliphatic heterocycles. The fraction of sp³-hybridized carbons (Fsp3) is 0.273. The van der Waals surface area contributed by atoms with Gasteiger partial charge in [0, 0.05) is 25.0 Å². The Morgan fingerprint density at radius 2 is 2.33 bits per heavy atom. The van der Waals surface area contributed by atoms with Gasteiger partial charge in [0.1, 0.15) is 5.69 Å². The maximum Gasteiger partial charge on any atom is 0.234 e. The second kappa shape index (κ2) is 4.10. The molecule has 7 nitrogen and oxygen atoms in total. The third kappa shape index (κ3) is 1.79. The lowest BCUT2D eigenvalue weighted by molar-refractivity contribution is 0.370. The quantitative estimate of drug-likeness (QED) is 0.751. The molecule has 0 fully saturated rings. The van der Waals surface area contributed by atoms with Crippen molar-refractivity contribution in [2.24, 2.45) is 7.05 Å². The third-order valence-electron chi connectivity index (χ3n) is 2.78. The predicted octanol–water partition coefficient (Wildman–Crippen LogP) is 1.34. The lowest BCUT2D eigenvalue weighted by atomic mass is 10.1. The highest BCUT2D eigenvalue weighted by molar-refractivity contribution is 5.46. The molecule has 0 amide bonds. The average Bonchev–Trinajstić information content (AvgIpc) is 3.09. The Morgan fingerprint density at radius 3 is 3.00 bits per heavy atom. The van der Waals surface area contributed by atoms with E-state index in [1.165, 1.54) is 0 Å². The predicted molar refractivity (Wildman–Crippen MR) is 62.6 cm³/mol. The van der Waals surface area contributed by atoms with Crippen molar-refractivity contribution in [3.63, 3.8) is 0 Å². The van der Waals surface area contributed by atoms with Gasteiger partial charge in [-0.05, 0) is 13.0 Å². The van der Waals surface area contributed by atoms with Crippen LogP contribution in [-0.2, 0) is 7.05 Å². The van der Waals surface area contributed by atoms with Crippen LogP contribution in [0.2, 0.25) is 0 Å². The highest BCUT2D eigenvalue weighted by atomic mass is 16.5. The van der Waals surface area contributed by atoms with Crippen LogP contribution in [0.5, 0.6) is 0 Å². The molecule has 3 rings (SSSR count). The first-order valence-electron chi connectivity index (χ1n) is 5.56. The number of aromatic nitrogens is 6. The zero-order valence-electron chi connectivity index (χ0n) is 10.0. The van der Waals surface area contributed by atoms with E-state index in [-0.39, 0.29) is 5.92 Å². The molecule has 92 valence electrons. The van der Waals surface area contributed by atoms with E-state index in [1.54, 1.807) is 23.1 Å². The van der Waals surface area contributed by atoms with Crippen LogP contribution in [0.1, 0.15) is 24.3 Å². The van der Waals surface area contributed by atoms with Gasteiger partial charge in [0.05, 0.1) is 12.1 Å². The standard InChI is InChI=1S/C11H12N6O/c1-7(8-5-13-17(2)6-8)11-14-10(16-18-11)9-3-4-12-15-9/h3-7H,1-2H3,(H,12,15). The molecule has 0 bridgehead atoms. The molecule has 0 aliphatic rings. The monoisotopic (exact) mass is 244 g/mol. The van der Waals surface area contributed by atoms with Crippen molar-refractivity contribution in [2.75, 3.05) is 0 Å². The van der Waals surface area contributed by atoms with Crippen molar-refractivity contribution in [2.45, 2.75) is 12.8 Å². The van der Waals surface area contributed by atoms with Gasteiger partial charge in [-0.15, -0.1) is 0 Å². The van der Waals surface area contributed by atoms with Gasteiger partial charge in [0.15, 0.2) is 0 Å². The van der Waals surface area contributed by atoms with Gasteiger partial charge in [-0.2, -0.15) is 15.2 Å². The molecule has 0 aromatic carbocycles. The largest absolute Gasteiger partial charge is 0.338 e. The first-order chi connectivity index (χ1) is 8.74. The number of hydrogen-bond acceptors (Lipinski definition) is 5. The van der Waals surface area contributed by atoms with Gasteiger partial charge in [-0.1, -0.05) is 5.16 Å². The number of hydrogen-bond donors (Lipinski definition) is 1. The summed E-state index contributed by atoms with van der Waals surface area (Å²) in [6.45, 7) is 2.00. The van der Waals surface area contributed by atoms with Crippen molar-refractivity contribution in [3.05, 3.63) is 36.1 Å². The number of aromatic amines is 1. The summed E-state index contributed by atoms with van der Waals surface area (Å²) in [6.07, 6.45) is 5.38. The van der Waals surface area contributed by atoms with E-state index >= 15 is 0 Å². The van der Waals surface area contributed by atoms with Gasteiger partial charge < -0.3 is 4.52 Å². The van der Waals surface area contributed by atoms with Crippen LogP contribution in [-0.4, -0.2) is 30.1 Å². The number of aryl methyl sites for hydroxylation is 1. The molecule has 0 saturated heterocycles. The van der Waals surface area contributed by atoms with E-state index in [4.69, 9.17) is 4.52 Å². The van der Waals surface area contributed by atoms with E-state index in [0.717, 1.165) is 11.3 Å². The van der Waals surface area contributed by atoms with Crippen LogP contribution in [0.4, 0.5) is 0 Å². The first kappa shape index (κ1) is 10.7. The summed E-state index contributed by atoms with van der Waals surface area (Å²) in [6, 6.07) is 1.80. The van der Waals surface area contributed by atoms with E-state index in [2.05, 4.69) is 25.4 Å². The molecular formula is C11H12N6O. The SMILES string of the molecule is CC(c1cnn(C)c1)c1nc(-c2ccn[nH]2)no1. The first-order valence-corrected chi connectivity index (χ1v) is 5.56.